The van der Waals surface area contributed by atoms with Gasteiger partial charge >= 0.3 is 0 Å². The molecule has 1 aliphatic heterocycles. The lowest BCUT2D eigenvalue weighted by atomic mass is 10.0. The number of carbonyl (C=O) groups excluding carboxylic acids is 1. The molecule has 1 N–H and O–H groups in total. The minimum Gasteiger partial charge on any atom is -0.358 e. The third kappa shape index (κ3) is 2.97. The van der Waals surface area contributed by atoms with Crippen molar-refractivity contribution in [1.29, 1.82) is 0 Å². The lowest BCUT2D eigenvalue weighted by Gasteiger charge is -2.37. The summed E-state index contributed by atoms with van der Waals surface area (Å²) in [5.41, 5.74) is 2.79. The summed E-state index contributed by atoms with van der Waals surface area (Å²) >= 11 is 0. The Bertz CT molecular complexity index is 912. The molecule has 0 saturated carbocycles. The predicted molar refractivity (Wildman–Crippen MR) is 103 cm³/mol. The topological polar surface area (TPSA) is 65.1 Å². The number of anilines is 1. The van der Waals surface area contributed by atoms with E-state index < -0.39 is 0 Å². The van der Waals surface area contributed by atoms with E-state index in [1.54, 1.807) is 12.4 Å². The molecule has 0 radical (unpaired) electrons. The van der Waals surface area contributed by atoms with Gasteiger partial charge in [0.05, 0.1) is 6.04 Å². The molecule has 2 aromatic heterocycles. The van der Waals surface area contributed by atoms with Crippen LogP contribution in [0.3, 0.4) is 0 Å². The smallest absolute Gasteiger partial charge is 0.225 e. The Balaban J connectivity index is 1.49. The van der Waals surface area contributed by atoms with Crippen LogP contribution in [0.15, 0.2) is 42.7 Å². The summed E-state index contributed by atoms with van der Waals surface area (Å²) in [4.78, 5) is 29.6. The van der Waals surface area contributed by atoms with Crippen molar-refractivity contribution in [3.63, 3.8) is 0 Å². The molecule has 0 amide bonds. The minimum atomic E-state index is -0.147. The van der Waals surface area contributed by atoms with Crippen molar-refractivity contribution in [2.24, 2.45) is 0 Å². The van der Waals surface area contributed by atoms with Gasteiger partial charge in [-0.05, 0) is 26.0 Å². The van der Waals surface area contributed by atoms with Gasteiger partial charge in [0.2, 0.25) is 5.95 Å². The molecule has 1 aliphatic rings. The molecule has 0 bridgehead atoms. The average Bonchev–Trinajstić information content (AvgIpc) is 3.03. The summed E-state index contributed by atoms with van der Waals surface area (Å²) in [5, 5.41) is 1.01. The first kappa shape index (κ1) is 16.7. The van der Waals surface area contributed by atoms with E-state index in [1.165, 1.54) is 0 Å². The van der Waals surface area contributed by atoms with Crippen molar-refractivity contribution in [3.05, 3.63) is 54.0 Å². The van der Waals surface area contributed by atoms with Crippen LogP contribution < -0.4 is 4.90 Å². The lowest BCUT2D eigenvalue weighted by Crippen LogP contribution is -2.52. The Hall–Kier alpha value is -2.73. The van der Waals surface area contributed by atoms with Gasteiger partial charge < -0.3 is 9.88 Å². The molecule has 1 fully saturated rings. The number of hydrogen-bond acceptors (Lipinski definition) is 5. The Morgan fingerprint density at radius 3 is 2.50 bits per heavy atom. The highest BCUT2D eigenvalue weighted by atomic mass is 16.1. The number of aromatic nitrogens is 3. The monoisotopic (exact) mass is 349 g/mol. The molecule has 1 atom stereocenters. The van der Waals surface area contributed by atoms with Crippen molar-refractivity contribution in [3.8, 4) is 0 Å². The molecule has 0 aliphatic carbocycles. The second kappa shape index (κ2) is 6.88. The van der Waals surface area contributed by atoms with Gasteiger partial charge in [0.1, 0.15) is 0 Å². The molecule has 1 saturated heterocycles. The van der Waals surface area contributed by atoms with E-state index in [4.69, 9.17) is 0 Å². The number of H-pyrrole nitrogens is 1. The highest BCUT2D eigenvalue weighted by molar-refractivity contribution is 6.11. The van der Waals surface area contributed by atoms with E-state index in [1.807, 2.05) is 44.2 Å². The standard InChI is InChI=1S/C20H23N5O/c1-14-18(16-6-3-4-7-17(16)23-14)19(26)15(2)24-10-12-25(13-11-24)20-21-8-5-9-22-20/h3-9,15,23H,10-13H2,1-2H3/t15-/m0/s1. The van der Waals surface area contributed by atoms with Gasteiger partial charge in [0, 0.05) is 60.7 Å². The fourth-order valence-corrected chi connectivity index (χ4v) is 3.73. The first-order valence-corrected chi connectivity index (χ1v) is 9.02. The molecule has 3 heterocycles. The number of nitrogens with zero attached hydrogens (tertiary/aromatic N) is 4. The molecular weight excluding hydrogens is 326 g/mol. The van der Waals surface area contributed by atoms with Crippen molar-refractivity contribution >= 4 is 22.6 Å². The van der Waals surface area contributed by atoms with Crippen LogP contribution >= 0.6 is 0 Å². The highest BCUT2D eigenvalue weighted by Crippen LogP contribution is 2.25. The van der Waals surface area contributed by atoms with Gasteiger partial charge in [-0.25, -0.2) is 9.97 Å². The number of para-hydroxylation sites is 1. The van der Waals surface area contributed by atoms with Crippen LogP contribution in [-0.4, -0.2) is 57.9 Å². The number of benzene rings is 1. The normalized spacial score (nSPS) is 16.8. The van der Waals surface area contributed by atoms with Gasteiger partial charge in [-0.3, -0.25) is 9.69 Å². The van der Waals surface area contributed by atoms with Gasteiger partial charge in [-0.15, -0.1) is 0 Å². The zero-order chi connectivity index (χ0) is 18.1. The second-order valence-corrected chi connectivity index (χ2v) is 6.78. The Morgan fingerprint density at radius 2 is 1.77 bits per heavy atom. The number of hydrogen-bond donors (Lipinski definition) is 1. The summed E-state index contributed by atoms with van der Waals surface area (Å²) < 4.78 is 0. The van der Waals surface area contributed by atoms with Crippen LogP contribution in [0.5, 0.6) is 0 Å². The Morgan fingerprint density at radius 1 is 1.08 bits per heavy atom. The fraction of sp³-hybridized carbons (Fsp3) is 0.350. The molecule has 1 aromatic carbocycles. The summed E-state index contributed by atoms with van der Waals surface area (Å²) in [5.74, 6) is 0.947. The van der Waals surface area contributed by atoms with E-state index >= 15 is 0 Å². The Kier molecular flexibility index (Phi) is 4.42. The van der Waals surface area contributed by atoms with Gasteiger partial charge in [0.15, 0.2) is 5.78 Å². The van der Waals surface area contributed by atoms with E-state index in [0.717, 1.165) is 54.3 Å². The maximum absolute atomic E-state index is 13.2. The number of aromatic amines is 1. The summed E-state index contributed by atoms with van der Waals surface area (Å²) in [7, 11) is 0. The molecule has 26 heavy (non-hydrogen) atoms. The zero-order valence-corrected chi connectivity index (χ0v) is 15.1. The van der Waals surface area contributed by atoms with Gasteiger partial charge in [0.25, 0.3) is 0 Å². The van der Waals surface area contributed by atoms with E-state index in [9.17, 15) is 4.79 Å². The average molecular weight is 349 g/mol. The van der Waals surface area contributed by atoms with Gasteiger partial charge in [-0.2, -0.15) is 0 Å². The van der Waals surface area contributed by atoms with Crippen LogP contribution in [0.2, 0.25) is 0 Å². The molecule has 6 heteroatoms. The third-order valence-electron chi connectivity index (χ3n) is 5.22. The SMILES string of the molecule is Cc1[nH]c2ccccc2c1C(=O)[C@H](C)N1CCN(c2ncccn2)CC1. The van der Waals surface area contributed by atoms with Crippen molar-refractivity contribution in [2.45, 2.75) is 19.9 Å². The number of aryl methyl sites for hydroxylation is 1. The van der Waals surface area contributed by atoms with Gasteiger partial charge in [-0.1, -0.05) is 18.2 Å². The molecule has 4 rings (SSSR count). The molecule has 3 aromatic rings. The molecular formula is C20H23N5O. The summed E-state index contributed by atoms with van der Waals surface area (Å²) in [6.45, 7) is 7.30. The van der Waals surface area contributed by atoms with Crippen LogP contribution in [0.1, 0.15) is 23.0 Å². The lowest BCUT2D eigenvalue weighted by molar-refractivity contribution is 0.0830. The Labute approximate surface area is 152 Å². The van der Waals surface area contributed by atoms with Crippen LogP contribution in [-0.2, 0) is 0 Å². The number of piperazine rings is 1. The number of Topliss-reactive ketones (excluding diaryl/α,β-unsaturated/α-hetero) is 1. The number of ketones is 1. The summed E-state index contributed by atoms with van der Waals surface area (Å²) in [6.07, 6.45) is 3.53. The second-order valence-electron chi connectivity index (χ2n) is 6.78. The number of carbonyl (C=O) groups is 1. The van der Waals surface area contributed by atoms with Crippen molar-refractivity contribution in [2.75, 3.05) is 31.1 Å². The van der Waals surface area contributed by atoms with E-state index in [2.05, 4.69) is 24.8 Å². The van der Waals surface area contributed by atoms with E-state index in [-0.39, 0.29) is 11.8 Å². The number of rotatable bonds is 4. The predicted octanol–water partition coefficient (Wildman–Crippen LogP) is 2.66. The largest absolute Gasteiger partial charge is 0.358 e. The van der Waals surface area contributed by atoms with E-state index in [0.29, 0.717) is 0 Å². The zero-order valence-electron chi connectivity index (χ0n) is 15.1. The molecule has 134 valence electrons. The van der Waals surface area contributed by atoms with Crippen molar-refractivity contribution in [1.82, 2.24) is 19.9 Å². The minimum absolute atomic E-state index is 0.147. The molecule has 0 spiro atoms. The van der Waals surface area contributed by atoms with Crippen LogP contribution in [0, 0.1) is 6.92 Å². The fourth-order valence-electron chi connectivity index (χ4n) is 3.73. The summed E-state index contributed by atoms with van der Waals surface area (Å²) in [6, 6.07) is 9.68. The molecule has 0 unspecified atom stereocenters. The maximum atomic E-state index is 13.2. The highest BCUT2D eigenvalue weighted by Gasteiger charge is 2.29. The third-order valence-corrected chi connectivity index (χ3v) is 5.22. The maximum Gasteiger partial charge on any atom is 0.225 e. The van der Waals surface area contributed by atoms with Crippen LogP contribution in [0.25, 0.3) is 10.9 Å². The number of fused-ring (bicyclic) bond motifs is 1. The quantitative estimate of drug-likeness (QED) is 0.734. The van der Waals surface area contributed by atoms with Crippen LogP contribution in [0.4, 0.5) is 5.95 Å². The molecule has 6 nitrogen and oxygen atoms in total. The van der Waals surface area contributed by atoms with Crippen molar-refractivity contribution < 1.29 is 4.79 Å². The first-order valence-electron chi connectivity index (χ1n) is 9.02. The number of nitrogens with one attached hydrogen (secondary N) is 1. The first-order chi connectivity index (χ1) is 12.6.